The number of nitrogens with one attached hydrogen (secondary N) is 1. The molecule has 0 aliphatic carbocycles. The van der Waals surface area contributed by atoms with Crippen LogP contribution in [0.1, 0.15) is 19.5 Å². The van der Waals surface area contributed by atoms with Gasteiger partial charge in [0, 0.05) is 13.1 Å². The van der Waals surface area contributed by atoms with Gasteiger partial charge in [-0.1, -0.05) is 0 Å². The Hall–Kier alpha value is -1.65. The van der Waals surface area contributed by atoms with Gasteiger partial charge in [-0.2, -0.15) is 5.10 Å². The summed E-state index contributed by atoms with van der Waals surface area (Å²) in [5, 5.41) is 8.64. The van der Waals surface area contributed by atoms with E-state index in [2.05, 4.69) is 34.2 Å². The molecule has 2 heterocycles. The first-order chi connectivity index (χ1) is 7.09. The zero-order valence-electron chi connectivity index (χ0n) is 9.44. The van der Waals surface area contributed by atoms with Gasteiger partial charge in [-0.3, -0.25) is 4.68 Å². The van der Waals surface area contributed by atoms with Crippen LogP contribution in [0.5, 0.6) is 0 Å². The molecule has 80 valence electrons. The predicted molar refractivity (Wildman–Crippen MR) is 59.8 cm³/mol. The van der Waals surface area contributed by atoms with Crippen LogP contribution < -0.4 is 5.32 Å². The van der Waals surface area contributed by atoms with Gasteiger partial charge in [-0.05, 0) is 20.8 Å². The van der Waals surface area contributed by atoms with Gasteiger partial charge in [0.15, 0.2) is 5.65 Å². The minimum Gasteiger partial charge on any atom is -0.367 e. The molecule has 0 fully saturated rings. The van der Waals surface area contributed by atoms with Crippen molar-refractivity contribution in [2.45, 2.75) is 26.8 Å². The van der Waals surface area contributed by atoms with E-state index in [-0.39, 0.29) is 0 Å². The summed E-state index contributed by atoms with van der Waals surface area (Å²) >= 11 is 0. The normalized spacial score (nSPS) is 11.3. The van der Waals surface area contributed by atoms with E-state index < -0.39 is 0 Å². The molecule has 0 saturated heterocycles. The van der Waals surface area contributed by atoms with Crippen molar-refractivity contribution in [2.75, 3.05) is 5.32 Å². The monoisotopic (exact) mass is 205 g/mol. The number of rotatable bonds is 2. The van der Waals surface area contributed by atoms with Gasteiger partial charge in [0.05, 0.1) is 11.1 Å². The summed E-state index contributed by atoms with van der Waals surface area (Å²) in [6.45, 7) is 6.14. The van der Waals surface area contributed by atoms with Crippen LogP contribution in [0.3, 0.4) is 0 Å². The van der Waals surface area contributed by atoms with Crippen LogP contribution in [-0.2, 0) is 7.05 Å². The van der Waals surface area contributed by atoms with Gasteiger partial charge >= 0.3 is 0 Å². The largest absolute Gasteiger partial charge is 0.367 e. The summed E-state index contributed by atoms with van der Waals surface area (Å²) in [6.07, 6.45) is 1.56. The Labute approximate surface area is 88.5 Å². The first-order valence-electron chi connectivity index (χ1n) is 5.00. The molecule has 1 N–H and O–H groups in total. The standard InChI is InChI=1S/C10H15N5/c1-6(2)13-9-8-7(3)14-15(4)10(8)12-5-11-9/h5-6H,1-4H3,(H,11,12,13). The Bertz CT molecular complexity index is 486. The highest BCUT2D eigenvalue weighted by molar-refractivity contribution is 5.89. The predicted octanol–water partition coefficient (Wildman–Crippen LogP) is 1.49. The Kier molecular flexibility index (Phi) is 2.30. The zero-order valence-corrected chi connectivity index (χ0v) is 9.44. The maximum absolute atomic E-state index is 4.33. The Morgan fingerprint density at radius 1 is 1.33 bits per heavy atom. The second-order valence-corrected chi connectivity index (χ2v) is 3.93. The molecule has 0 radical (unpaired) electrons. The molecule has 0 bridgehead atoms. The third kappa shape index (κ3) is 1.65. The summed E-state index contributed by atoms with van der Waals surface area (Å²) < 4.78 is 1.78. The van der Waals surface area contributed by atoms with Gasteiger partial charge in [-0.15, -0.1) is 0 Å². The highest BCUT2D eigenvalue weighted by Crippen LogP contribution is 2.22. The average molecular weight is 205 g/mol. The van der Waals surface area contributed by atoms with E-state index >= 15 is 0 Å². The Balaban J connectivity index is 2.64. The van der Waals surface area contributed by atoms with Gasteiger partial charge in [-0.25, -0.2) is 9.97 Å². The lowest BCUT2D eigenvalue weighted by Crippen LogP contribution is -2.11. The number of hydrogen-bond donors (Lipinski definition) is 1. The van der Waals surface area contributed by atoms with E-state index in [0.717, 1.165) is 22.5 Å². The van der Waals surface area contributed by atoms with Crippen molar-refractivity contribution in [3.8, 4) is 0 Å². The van der Waals surface area contributed by atoms with Crippen molar-refractivity contribution in [3.63, 3.8) is 0 Å². The third-order valence-electron chi connectivity index (χ3n) is 2.22. The lowest BCUT2D eigenvalue weighted by atomic mass is 10.3. The molecule has 0 aliphatic heterocycles. The van der Waals surface area contributed by atoms with Crippen LogP contribution in [0.2, 0.25) is 0 Å². The van der Waals surface area contributed by atoms with Crippen LogP contribution in [-0.4, -0.2) is 25.8 Å². The maximum Gasteiger partial charge on any atom is 0.163 e. The first kappa shape index (κ1) is 9.89. The van der Waals surface area contributed by atoms with Crippen LogP contribution in [0.4, 0.5) is 5.82 Å². The summed E-state index contributed by atoms with van der Waals surface area (Å²) in [4.78, 5) is 8.46. The molecule has 2 rings (SSSR count). The van der Waals surface area contributed by atoms with E-state index in [9.17, 15) is 0 Å². The first-order valence-corrected chi connectivity index (χ1v) is 5.00. The maximum atomic E-state index is 4.33. The van der Waals surface area contributed by atoms with Crippen LogP contribution >= 0.6 is 0 Å². The molecule has 0 spiro atoms. The van der Waals surface area contributed by atoms with E-state index in [0.29, 0.717) is 6.04 Å². The number of aromatic nitrogens is 4. The number of fused-ring (bicyclic) bond motifs is 1. The molecule has 0 saturated carbocycles. The lowest BCUT2D eigenvalue weighted by Gasteiger charge is -2.09. The highest BCUT2D eigenvalue weighted by atomic mass is 15.3. The van der Waals surface area contributed by atoms with Gasteiger partial charge in [0.2, 0.25) is 0 Å². The van der Waals surface area contributed by atoms with Crippen molar-refractivity contribution in [3.05, 3.63) is 12.0 Å². The lowest BCUT2D eigenvalue weighted by molar-refractivity contribution is 0.773. The topological polar surface area (TPSA) is 55.6 Å². The summed E-state index contributed by atoms with van der Waals surface area (Å²) in [6, 6.07) is 0.350. The van der Waals surface area contributed by atoms with Crippen molar-refractivity contribution in [1.29, 1.82) is 0 Å². The molecular formula is C10H15N5. The molecule has 5 heteroatoms. The van der Waals surface area contributed by atoms with E-state index in [1.54, 1.807) is 11.0 Å². The molecule has 0 atom stereocenters. The molecule has 0 unspecified atom stereocenters. The molecule has 0 aliphatic rings. The van der Waals surface area contributed by atoms with Crippen molar-refractivity contribution >= 4 is 16.9 Å². The zero-order chi connectivity index (χ0) is 11.0. The Morgan fingerprint density at radius 2 is 2.07 bits per heavy atom. The smallest absolute Gasteiger partial charge is 0.163 e. The summed E-state index contributed by atoms with van der Waals surface area (Å²) in [7, 11) is 1.89. The Morgan fingerprint density at radius 3 is 2.73 bits per heavy atom. The fourth-order valence-electron chi connectivity index (χ4n) is 1.66. The summed E-state index contributed by atoms with van der Waals surface area (Å²) in [5.41, 5.74) is 1.82. The number of hydrogen-bond acceptors (Lipinski definition) is 4. The molecule has 2 aromatic heterocycles. The number of nitrogens with zero attached hydrogens (tertiary/aromatic N) is 4. The molecule has 15 heavy (non-hydrogen) atoms. The van der Waals surface area contributed by atoms with E-state index in [1.807, 2.05) is 14.0 Å². The fraction of sp³-hybridized carbons (Fsp3) is 0.500. The SMILES string of the molecule is Cc1nn(C)c2ncnc(NC(C)C)c12. The second-order valence-electron chi connectivity index (χ2n) is 3.93. The molecular weight excluding hydrogens is 190 g/mol. The van der Waals surface area contributed by atoms with Gasteiger partial charge in [0.25, 0.3) is 0 Å². The number of anilines is 1. The van der Waals surface area contributed by atoms with Crippen molar-refractivity contribution in [1.82, 2.24) is 19.7 Å². The van der Waals surface area contributed by atoms with Crippen LogP contribution in [0.25, 0.3) is 11.0 Å². The van der Waals surface area contributed by atoms with Gasteiger partial charge < -0.3 is 5.32 Å². The summed E-state index contributed by atoms with van der Waals surface area (Å²) in [5.74, 6) is 0.862. The molecule has 0 aromatic carbocycles. The molecule has 2 aromatic rings. The fourth-order valence-corrected chi connectivity index (χ4v) is 1.66. The highest BCUT2D eigenvalue weighted by Gasteiger charge is 2.12. The molecule has 5 nitrogen and oxygen atoms in total. The number of aryl methyl sites for hydroxylation is 2. The van der Waals surface area contributed by atoms with E-state index in [4.69, 9.17) is 0 Å². The van der Waals surface area contributed by atoms with E-state index in [1.165, 1.54) is 0 Å². The quantitative estimate of drug-likeness (QED) is 0.807. The second kappa shape index (κ2) is 3.49. The average Bonchev–Trinajstić information content (AvgIpc) is 2.43. The van der Waals surface area contributed by atoms with Crippen molar-refractivity contribution in [2.24, 2.45) is 7.05 Å². The molecule has 0 amide bonds. The van der Waals surface area contributed by atoms with Gasteiger partial charge in [0.1, 0.15) is 12.1 Å². The minimum atomic E-state index is 0.350. The van der Waals surface area contributed by atoms with Crippen LogP contribution in [0.15, 0.2) is 6.33 Å². The minimum absolute atomic E-state index is 0.350. The van der Waals surface area contributed by atoms with Crippen molar-refractivity contribution < 1.29 is 0 Å². The van der Waals surface area contributed by atoms with Crippen LogP contribution in [0, 0.1) is 6.92 Å². The third-order valence-corrected chi connectivity index (χ3v) is 2.22.